The summed E-state index contributed by atoms with van der Waals surface area (Å²) in [6.45, 7) is 4.07. The van der Waals surface area contributed by atoms with Gasteiger partial charge in [0.2, 0.25) is 0 Å². The number of amides is 1. The molecule has 0 radical (unpaired) electrons. The fraction of sp³-hybridized carbons (Fsp3) is 0.167. The quantitative estimate of drug-likeness (QED) is 0.478. The van der Waals surface area contributed by atoms with Gasteiger partial charge in [-0.3, -0.25) is 4.79 Å². The number of fused-ring (bicyclic) bond motifs is 1. The third kappa shape index (κ3) is 4.23. The molecular weight excluding hydrogens is 406 g/mol. The zero-order valence-electron chi connectivity index (χ0n) is 17.7. The standard InChI is InChI=1S/C24H21N5O3/c1-3-31-20-10-6-7-11-21(20)32-15-23(30)28-24-17(13-25)14-26-29(24)22-12-16(2)18-8-4-5-9-19(18)27-22/h4-12,14H,3,15H2,1-2H3,(H,28,30). The van der Waals surface area contributed by atoms with Gasteiger partial charge in [0.05, 0.1) is 18.3 Å². The van der Waals surface area contributed by atoms with Crippen LogP contribution in [0.4, 0.5) is 5.82 Å². The summed E-state index contributed by atoms with van der Waals surface area (Å²) < 4.78 is 12.6. The molecule has 8 heteroatoms. The number of aromatic nitrogens is 3. The van der Waals surface area contributed by atoms with Crippen molar-refractivity contribution < 1.29 is 14.3 Å². The van der Waals surface area contributed by atoms with Crippen LogP contribution in [0.1, 0.15) is 18.1 Å². The number of nitrogens with one attached hydrogen (secondary N) is 1. The largest absolute Gasteiger partial charge is 0.490 e. The fourth-order valence-corrected chi connectivity index (χ4v) is 3.32. The smallest absolute Gasteiger partial charge is 0.263 e. The van der Waals surface area contributed by atoms with Gasteiger partial charge in [0, 0.05) is 5.39 Å². The van der Waals surface area contributed by atoms with Gasteiger partial charge in [0.1, 0.15) is 11.6 Å². The number of pyridine rings is 1. The van der Waals surface area contributed by atoms with Crippen LogP contribution in [0.25, 0.3) is 16.7 Å². The molecule has 0 atom stereocenters. The highest BCUT2D eigenvalue weighted by Crippen LogP contribution is 2.27. The summed E-state index contributed by atoms with van der Waals surface area (Å²) >= 11 is 0. The number of carbonyl (C=O) groups is 1. The SMILES string of the molecule is CCOc1ccccc1OCC(=O)Nc1c(C#N)cnn1-c1cc(C)c2ccccc2n1. The third-order valence-corrected chi connectivity index (χ3v) is 4.78. The molecule has 4 aromatic rings. The van der Waals surface area contributed by atoms with E-state index in [1.54, 1.807) is 18.2 Å². The van der Waals surface area contributed by atoms with E-state index in [4.69, 9.17) is 9.47 Å². The molecule has 0 saturated carbocycles. The second-order valence-electron chi connectivity index (χ2n) is 6.96. The van der Waals surface area contributed by atoms with Crippen molar-refractivity contribution in [2.75, 3.05) is 18.5 Å². The van der Waals surface area contributed by atoms with Crippen molar-refractivity contribution >= 4 is 22.6 Å². The molecule has 8 nitrogen and oxygen atoms in total. The molecular formula is C24H21N5O3. The monoisotopic (exact) mass is 427 g/mol. The number of aryl methyl sites for hydroxylation is 1. The first kappa shape index (κ1) is 20.9. The van der Waals surface area contributed by atoms with Crippen LogP contribution < -0.4 is 14.8 Å². The minimum Gasteiger partial charge on any atom is -0.490 e. The molecule has 160 valence electrons. The molecule has 2 aromatic carbocycles. The van der Waals surface area contributed by atoms with E-state index in [1.165, 1.54) is 10.9 Å². The molecule has 32 heavy (non-hydrogen) atoms. The number of hydrogen-bond donors (Lipinski definition) is 1. The molecule has 2 heterocycles. The number of anilines is 1. The van der Waals surface area contributed by atoms with Crippen LogP contribution in [0.15, 0.2) is 60.8 Å². The first-order valence-corrected chi connectivity index (χ1v) is 10.1. The van der Waals surface area contributed by atoms with E-state index in [2.05, 4.69) is 21.5 Å². The van der Waals surface area contributed by atoms with E-state index in [0.717, 1.165) is 16.5 Å². The maximum Gasteiger partial charge on any atom is 0.263 e. The molecule has 2 aromatic heterocycles. The minimum atomic E-state index is -0.438. The molecule has 0 bridgehead atoms. The van der Waals surface area contributed by atoms with Crippen LogP contribution in [0, 0.1) is 18.3 Å². The Morgan fingerprint density at radius 3 is 2.59 bits per heavy atom. The lowest BCUT2D eigenvalue weighted by molar-refractivity contribution is -0.118. The molecule has 1 N–H and O–H groups in total. The van der Waals surface area contributed by atoms with Gasteiger partial charge in [-0.1, -0.05) is 30.3 Å². The Morgan fingerprint density at radius 2 is 1.84 bits per heavy atom. The Bertz CT molecular complexity index is 1320. The average Bonchev–Trinajstić information content (AvgIpc) is 3.21. The van der Waals surface area contributed by atoms with E-state index in [-0.39, 0.29) is 18.0 Å². The Labute approximate surface area is 185 Å². The molecule has 0 saturated heterocycles. The zero-order valence-corrected chi connectivity index (χ0v) is 17.7. The highest BCUT2D eigenvalue weighted by molar-refractivity contribution is 5.92. The van der Waals surface area contributed by atoms with Crippen molar-refractivity contribution in [3.05, 3.63) is 71.9 Å². The summed E-state index contributed by atoms with van der Waals surface area (Å²) in [5.41, 5.74) is 2.03. The number of hydrogen-bond acceptors (Lipinski definition) is 6. The van der Waals surface area contributed by atoms with Crippen LogP contribution in [0.2, 0.25) is 0 Å². The van der Waals surface area contributed by atoms with Gasteiger partial charge in [0.25, 0.3) is 5.91 Å². The summed E-state index contributed by atoms with van der Waals surface area (Å²) in [6, 6.07) is 18.8. The van der Waals surface area contributed by atoms with E-state index in [9.17, 15) is 10.1 Å². The van der Waals surface area contributed by atoms with Crippen LogP contribution >= 0.6 is 0 Å². The first-order chi connectivity index (χ1) is 15.6. The highest BCUT2D eigenvalue weighted by atomic mass is 16.5. The van der Waals surface area contributed by atoms with Crippen LogP contribution in [-0.4, -0.2) is 33.9 Å². The molecule has 1 amide bonds. The predicted octanol–water partition coefficient (Wildman–Crippen LogP) is 4.02. The number of rotatable bonds is 7. The fourth-order valence-electron chi connectivity index (χ4n) is 3.32. The lowest BCUT2D eigenvalue weighted by Gasteiger charge is -2.13. The summed E-state index contributed by atoms with van der Waals surface area (Å²) in [7, 11) is 0. The first-order valence-electron chi connectivity index (χ1n) is 10.1. The van der Waals surface area contributed by atoms with E-state index >= 15 is 0 Å². The van der Waals surface area contributed by atoms with Crippen molar-refractivity contribution in [2.45, 2.75) is 13.8 Å². The molecule has 0 aliphatic heterocycles. The summed E-state index contributed by atoms with van der Waals surface area (Å²) in [6.07, 6.45) is 1.40. The number of benzene rings is 2. The van der Waals surface area contributed by atoms with E-state index in [1.807, 2.05) is 50.2 Å². The van der Waals surface area contributed by atoms with Crippen LogP contribution in [0.3, 0.4) is 0 Å². The topological polar surface area (TPSA) is 102 Å². The molecule has 0 aliphatic carbocycles. The maximum absolute atomic E-state index is 12.6. The van der Waals surface area contributed by atoms with E-state index < -0.39 is 5.91 Å². The second-order valence-corrected chi connectivity index (χ2v) is 6.96. The van der Waals surface area contributed by atoms with Gasteiger partial charge in [-0.2, -0.15) is 15.0 Å². The average molecular weight is 427 g/mol. The highest BCUT2D eigenvalue weighted by Gasteiger charge is 2.17. The lowest BCUT2D eigenvalue weighted by Crippen LogP contribution is -2.22. The van der Waals surface area contributed by atoms with Gasteiger partial charge in [-0.25, -0.2) is 4.98 Å². The number of para-hydroxylation sites is 3. The minimum absolute atomic E-state index is 0.223. The van der Waals surface area contributed by atoms with Crippen LogP contribution in [0.5, 0.6) is 11.5 Å². The van der Waals surface area contributed by atoms with Gasteiger partial charge in [-0.05, 0) is 43.7 Å². The van der Waals surface area contributed by atoms with Crippen molar-refractivity contribution in [3.8, 4) is 23.4 Å². The van der Waals surface area contributed by atoms with Crippen molar-refractivity contribution in [3.63, 3.8) is 0 Å². The van der Waals surface area contributed by atoms with Crippen molar-refractivity contribution in [2.24, 2.45) is 0 Å². The van der Waals surface area contributed by atoms with Gasteiger partial charge in [0.15, 0.2) is 29.7 Å². The Balaban J connectivity index is 1.58. The predicted molar refractivity (Wildman–Crippen MR) is 120 cm³/mol. The Morgan fingerprint density at radius 1 is 1.12 bits per heavy atom. The molecule has 4 rings (SSSR count). The van der Waals surface area contributed by atoms with Crippen molar-refractivity contribution in [1.29, 1.82) is 5.26 Å². The van der Waals surface area contributed by atoms with Gasteiger partial charge < -0.3 is 14.8 Å². The second kappa shape index (κ2) is 9.18. The molecule has 0 fully saturated rings. The molecule has 0 unspecified atom stereocenters. The number of carbonyl (C=O) groups excluding carboxylic acids is 1. The Kier molecular flexibility index (Phi) is 5.99. The number of nitrogens with zero attached hydrogens (tertiary/aromatic N) is 4. The van der Waals surface area contributed by atoms with E-state index in [0.29, 0.717) is 23.9 Å². The summed E-state index contributed by atoms with van der Waals surface area (Å²) in [4.78, 5) is 17.3. The van der Waals surface area contributed by atoms with Crippen LogP contribution in [-0.2, 0) is 4.79 Å². The normalized spacial score (nSPS) is 10.5. The maximum atomic E-state index is 12.6. The van der Waals surface area contributed by atoms with Crippen molar-refractivity contribution in [1.82, 2.24) is 14.8 Å². The molecule has 0 spiro atoms. The third-order valence-electron chi connectivity index (χ3n) is 4.78. The molecule has 0 aliphatic rings. The zero-order chi connectivity index (χ0) is 22.5. The summed E-state index contributed by atoms with van der Waals surface area (Å²) in [5.74, 6) is 1.32. The summed E-state index contributed by atoms with van der Waals surface area (Å²) in [5, 5.41) is 17.5. The lowest BCUT2D eigenvalue weighted by atomic mass is 10.1. The van der Waals surface area contributed by atoms with Gasteiger partial charge in [-0.15, -0.1) is 0 Å². The number of ether oxygens (including phenoxy) is 2. The Hall–Kier alpha value is -4.38. The number of nitriles is 1. The van der Waals surface area contributed by atoms with Gasteiger partial charge >= 0.3 is 0 Å².